The molecule has 2 aliphatic carbocycles. The molecule has 1 N–H and O–H groups in total. The Morgan fingerprint density at radius 3 is 2.00 bits per heavy atom. The number of hydrogen-bond donors (Lipinski definition) is 1. The zero-order valence-corrected chi connectivity index (χ0v) is 25.3. The summed E-state index contributed by atoms with van der Waals surface area (Å²) in [6, 6.07) is 4.00. The van der Waals surface area contributed by atoms with E-state index in [1.165, 1.54) is 4.90 Å². The minimum absolute atomic E-state index is 0.000986. The molecule has 1 aliphatic heterocycles. The van der Waals surface area contributed by atoms with Gasteiger partial charge in [-0.15, -0.1) is 0 Å². The van der Waals surface area contributed by atoms with Crippen molar-refractivity contribution in [1.29, 1.82) is 0 Å². The summed E-state index contributed by atoms with van der Waals surface area (Å²) in [6.45, 7) is 0.722. The van der Waals surface area contributed by atoms with Crippen LogP contribution in [0.3, 0.4) is 0 Å². The van der Waals surface area contributed by atoms with E-state index in [-0.39, 0.29) is 73.9 Å². The van der Waals surface area contributed by atoms with E-state index in [1.807, 2.05) is 0 Å². The Morgan fingerprint density at radius 1 is 0.891 bits per heavy atom. The molecule has 0 aromatic heterocycles. The van der Waals surface area contributed by atoms with Crippen LogP contribution in [0.5, 0.6) is 0 Å². The second-order valence-electron chi connectivity index (χ2n) is 12.4. The van der Waals surface area contributed by atoms with E-state index in [0.717, 1.165) is 37.3 Å². The van der Waals surface area contributed by atoms with Crippen LogP contribution in [-0.4, -0.2) is 55.2 Å². The first kappa shape index (κ1) is 34.1. The van der Waals surface area contributed by atoms with E-state index in [0.29, 0.717) is 6.07 Å². The van der Waals surface area contributed by atoms with Gasteiger partial charge in [0.15, 0.2) is 9.84 Å². The standard InChI is InChI=1S/C31H31F8NO5S/c1-17-15-24-20(16-23(17)29(33,30(34,35)36)31(37,38)39)3-2-4-25-28(24,46(44,45)22-11-9-21(32)10-12-22)13-14-40(25)26(41)18-5-7-19(8-6-18)27(42)43/h9-12,15-16,18-19,25H,2-8,13-14H2,1H3,(H,42,43)/t18?,19?,25-,28-/m0/s1. The van der Waals surface area contributed by atoms with Crippen molar-refractivity contribution in [2.45, 2.75) is 92.0 Å². The number of rotatable bonds is 5. The fourth-order valence-corrected chi connectivity index (χ4v) is 9.97. The van der Waals surface area contributed by atoms with Crippen LogP contribution >= 0.6 is 0 Å². The van der Waals surface area contributed by atoms with Crippen molar-refractivity contribution < 1.29 is 58.2 Å². The molecule has 1 heterocycles. The highest BCUT2D eigenvalue weighted by Crippen LogP contribution is 2.57. The number of amides is 1. The molecule has 0 unspecified atom stereocenters. The summed E-state index contributed by atoms with van der Waals surface area (Å²) in [4.78, 5) is 26.4. The zero-order valence-electron chi connectivity index (χ0n) is 24.5. The molecule has 2 aromatic rings. The van der Waals surface area contributed by atoms with Crippen LogP contribution in [0.25, 0.3) is 0 Å². The van der Waals surface area contributed by atoms with Crippen molar-refractivity contribution in [2.75, 3.05) is 6.54 Å². The van der Waals surface area contributed by atoms with Crippen LogP contribution in [0.15, 0.2) is 41.3 Å². The highest BCUT2D eigenvalue weighted by atomic mass is 32.2. The fraction of sp³-hybridized carbons (Fsp3) is 0.548. The number of carbonyl (C=O) groups excluding carboxylic acids is 1. The second-order valence-corrected chi connectivity index (χ2v) is 14.6. The fourth-order valence-electron chi connectivity index (χ4n) is 7.61. The highest BCUT2D eigenvalue weighted by molar-refractivity contribution is 7.92. The number of hydrogen-bond acceptors (Lipinski definition) is 4. The Hall–Kier alpha value is -3.23. The third-order valence-corrected chi connectivity index (χ3v) is 12.5. The molecule has 2 atom stereocenters. The molecule has 1 amide bonds. The number of carboxylic acids is 1. The number of likely N-dealkylation sites (tertiary alicyclic amines) is 1. The van der Waals surface area contributed by atoms with Crippen molar-refractivity contribution in [3.8, 4) is 0 Å². The first-order valence-electron chi connectivity index (χ1n) is 14.8. The summed E-state index contributed by atoms with van der Waals surface area (Å²) in [7, 11) is -4.63. The number of aliphatic carboxylic acids is 1. The average molecular weight is 682 g/mol. The van der Waals surface area contributed by atoms with Gasteiger partial charge in [0, 0.05) is 18.0 Å². The topological polar surface area (TPSA) is 91.8 Å². The van der Waals surface area contributed by atoms with Gasteiger partial charge in [-0.05, 0) is 99.2 Å². The average Bonchev–Trinajstić information content (AvgIpc) is 3.28. The number of alkyl halides is 7. The van der Waals surface area contributed by atoms with Gasteiger partial charge >= 0.3 is 24.0 Å². The third-order valence-electron chi connectivity index (χ3n) is 9.93. The molecule has 3 aliphatic rings. The second kappa shape index (κ2) is 11.5. The van der Waals surface area contributed by atoms with E-state index in [2.05, 4.69) is 0 Å². The number of fused-ring (bicyclic) bond motifs is 3. The lowest BCUT2D eigenvalue weighted by atomic mass is 9.80. The molecule has 1 saturated heterocycles. The summed E-state index contributed by atoms with van der Waals surface area (Å²) in [6.07, 6.45) is -12.2. The molecule has 0 radical (unpaired) electrons. The Balaban J connectivity index is 1.69. The normalized spacial score (nSPS) is 25.8. The SMILES string of the molecule is Cc1cc2c(cc1C(F)(C(F)(F)F)C(F)(F)F)CCC[C@@H]1N(C(=O)C3CCC(C(=O)O)CC3)CC[C@]21S(=O)(=O)c1ccc(F)cc1. The minimum Gasteiger partial charge on any atom is -0.481 e. The molecule has 252 valence electrons. The molecule has 2 fully saturated rings. The lowest BCUT2D eigenvalue weighted by Crippen LogP contribution is -2.52. The van der Waals surface area contributed by atoms with Crippen LogP contribution in [0.1, 0.15) is 67.2 Å². The maximum Gasteiger partial charge on any atom is 0.435 e. The van der Waals surface area contributed by atoms with Crippen molar-refractivity contribution in [3.05, 3.63) is 64.5 Å². The summed E-state index contributed by atoms with van der Waals surface area (Å²) < 4.78 is 139. The van der Waals surface area contributed by atoms with E-state index < -0.39 is 79.3 Å². The van der Waals surface area contributed by atoms with Crippen LogP contribution < -0.4 is 0 Å². The molecule has 46 heavy (non-hydrogen) atoms. The smallest absolute Gasteiger partial charge is 0.435 e. The zero-order chi connectivity index (χ0) is 34.0. The van der Waals surface area contributed by atoms with Crippen LogP contribution in [0.4, 0.5) is 35.1 Å². The number of carbonyl (C=O) groups is 2. The Bertz CT molecular complexity index is 1620. The monoisotopic (exact) mass is 681 g/mol. The quantitative estimate of drug-likeness (QED) is 0.273. The van der Waals surface area contributed by atoms with Gasteiger partial charge in [0.05, 0.1) is 16.9 Å². The minimum atomic E-state index is -6.38. The number of sulfone groups is 1. The molecule has 15 heteroatoms. The van der Waals surface area contributed by atoms with Gasteiger partial charge in [-0.25, -0.2) is 17.2 Å². The van der Waals surface area contributed by atoms with E-state index in [1.54, 1.807) is 0 Å². The van der Waals surface area contributed by atoms with Gasteiger partial charge in [-0.3, -0.25) is 9.59 Å². The molecular formula is C31H31F8NO5S. The number of benzene rings is 2. The van der Waals surface area contributed by atoms with Gasteiger partial charge in [0.2, 0.25) is 5.91 Å². The summed E-state index contributed by atoms with van der Waals surface area (Å²) in [5.74, 6) is -3.40. The first-order valence-corrected chi connectivity index (χ1v) is 16.3. The molecule has 1 saturated carbocycles. The molecule has 5 rings (SSSR count). The molecule has 2 aromatic carbocycles. The van der Waals surface area contributed by atoms with Crippen molar-refractivity contribution in [1.82, 2.24) is 4.90 Å². The lowest BCUT2D eigenvalue weighted by Gasteiger charge is -2.40. The summed E-state index contributed by atoms with van der Waals surface area (Å²) >= 11 is 0. The van der Waals surface area contributed by atoms with Crippen molar-refractivity contribution >= 4 is 21.7 Å². The van der Waals surface area contributed by atoms with E-state index in [4.69, 9.17) is 0 Å². The predicted octanol–water partition coefficient (Wildman–Crippen LogP) is 6.92. The lowest BCUT2D eigenvalue weighted by molar-refractivity contribution is -0.348. The predicted molar refractivity (Wildman–Crippen MR) is 147 cm³/mol. The summed E-state index contributed by atoms with van der Waals surface area (Å²) in [5, 5.41) is 9.35. The van der Waals surface area contributed by atoms with Crippen molar-refractivity contribution in [3.63, 3.8) is 0 Å². The molecule has 0 spiro atoms. The number of carboxylic acid groups (broad SMARTS) is 1. The van der Waals surface area contributed by atoms with Crippen LogP contribution in [0, 0.1) is 24.6 Å². The number of aryl methyl sites for hydroxylation is 2. The third kappa shape index (κ3) is 5.16. The molecular weight excluding hydrogens is 650 g/mol. The Morgan fingerprint density at radius 2 is 1.46 bits per heavy atom. The maximum atomic E-state index is 15.3. The maximum absolute atomic E-state index is 15.3. The molecule has 6 nitrogen and oxygen atoms in total. The Labute approximate surface area is 259 Å². The first-order chi connectivity index (χ1) is 21.3. The van der Waals surface area contributed by atoms with Crippen molar-refractivity contribution in [2.24, 2.45) is 11.8 Å². The number of nitrogens with zero attached hydrogens (tertiary/aromatic N) is 1. The van der Waals surface area contributed by atoms with Gasteiger partial charge in [0.1, 0.15) is 10.6 Å². The number of halogens is 8. The van der Waals surface area contributed by atoms with Gasteiger partial charge in [-0.2, -0.15) is 26.3 Å². The van der Waals surface area contributed by atoms with Crippen LogP contribution in [-0.2, 0) is 36.3 Å². The molecule has 0 bridgehead atoms. The van der Waals surface area contributed by atoms with Gasteiger partial charge in [-0.1, -0.05) is 12.1 Å². The van der Waals surface area contributed by atoms with Gasteiger partial charge < -0.3 is 10.0 Å². The van der Waals surface area contributed by atoms with Crippen LogP contribution in [0.2, 0.25) is 0 Å². The Kier molecular flexibility index (Phi) is 8.51. The van der Waals surface area contributed by atoms with E-state index >= 15 is 4.39 Å². The highest BCUT2D eigenvalue weighted by Gasteiger charge is 2.74. The largest absolute Gasteiger partial charge is 0.481 e. The summed E-state index contributed by atoms with van der Waals surface area (Å²) in [5.41, 5.74) is -8.56. The van der Waals surface area contributed by atoms with E-state index in [9.17, 15) is 53.8 Å². The van der Waals surface area contributed by atoms with Gasteiger partial charge in [0.25, 0.3) is 0 Å².